The minimum Gasteiger partial charge on any atom is -0.726 e. The van der Waals surface area contributed by atoms with E-state index in [1.54, 1.807) is 0 Å². The summed E-state index contributed by atoms with van der Waals surface area (Å²) >= 11 is 0. The van der Waals surface area contributed by atoms with E-state index in [1.165, 1.54) is 16.0 Å². The second kappa shape index (κ2) is 12.2. The van der Waals surface area contributed by atoms with Gasteiger partial charge in [-0.15, -0.1) is 0 Å². The van der Waals surface area contributed by atoms with Crippen molar-refractivity contribution in [2.24, 2.45) is 0 Å². The van der Waals surface area contributed by atoms with Gasteiger partial charge in [-0.3, -0.25) is 4.18 Å². The number of unbranched alkanes of at least 4 members (excludes halogenated alkanes) is 2. The fourth-order valence-electron chi connectivity index (χ4n) is 2.32. The van der Waals surface area contributed by atoms with Gasteiger partial charge in [0.05, 0.1) is 7.11 Å². The zero-order valence-corrected chi connectivity index (χ0v) is 17.9. The zero-order valence-electron chi connectivity index (χ0n) is 16.2. The summed E-state index contributed by atoms with van der Waals surface area (Å²) in [4.78, 5) is 13.0. The Kier molecular flexibility index (Phi) is 11.6. The molecule has 9 heteroatoms. The number of amides is 1. The smallest absolute Gasteiger partial charge is 0.412 e. The summed E-state index contributed by atoms with van der Waals surface area (Å²) in [6.07, 6.45) is 7.32. The van der Waals surface area contributed by atoms with E-state index < -0.39 is 10.4 Å². The van der Waals surface area contributed by atoms with Crippen LogP contribution in [0.3, 0.4) is 0 Å². The Bertz CT molecular complexity index is 651. The number of carbonyl (C=O) groups is 1. The molecule has 0 radical (unpaired) electrons. The van der Waals surface area contributed by atoms with Crippen molar-refractivity contribution in [1.82, 2.24) is 5.32 Å². The minimum absolute atomic E-state index is 0.214. The number of hydrogen-bond acceptors (Lipinski definition) is 6. The molecule has 0 unspecified atom stereocenters. The molecular weight excluding hydrogens is 378 g/mol. The Hall–Kier alpha value is -1.29. The highest BCUT2D eigenvalue weighted by Gasteiger charge is 2.17. The molecule has 0 heterocycles. The van der Waals surface area contributed by atoms with Gasteiger partial charge in [0.2, 0.25) is 10.4 Å². The Morgan fingerprint density at radius 1 is 1.19 bits per heavy atom. The quantitative estimate of drug-likeness (QED) is 0.322. The van der Waals surface area contributed by atoms with E-state index in [2.05, 4.69) is 42.8 Å². The van der Waals surface area contributed by atoms with Gasteiger partial charge >= 0.3 is 6.09 Å². The van der Waals surface area contributed by atoms with Crippen LogP contribution < -0.4 is 10.1 Å². The van der Waals surface area contributed by atoms with Crippen molar-refractivity contribution in [3.8, 4) is 5.75 Å². The molecule has 0 aliphatic heterocycles. The molecule has 1 amide bonds. The SMILES string of the molecule is CCCCCNC(=O)Oc1cc(C)c([S+](C)C)c(C)c1.COS(=O)(=O)[O-]. The third-order valence-corrected chi connectivity index (χ3v) is 5.18. The standard InChI is InChI=1S/C16H25NO2S.CH4O4S/c1-6-7-8-9-17-16(18)19-14-10-12(2)15(20(4)5)13(3)11-14;1-5-6(2,3)4/h10-11H,6-9H2,1-5H3;1H3,(H,2,3,4). The van der Waals surface area contributed by atoms with Crippen LogP contribution in [0.15, 0.2) is 17.0 Å². The first-order valence-corrected chi connectivity index (χ1v) is 11.5. The van der Waals surface area contributed by atoms with Crippen LogP contribution in [-0.2, 0) is 25.5 Å². The Morgan fingerprint density at radius 3 is 2.08 bits per heavy atom. The first-order chi connectivity index (χ1) is 12.0. The van der Waals surface area contributed by atoms with Gasteiger partial charge in [-0.2, -0.15) is 0 Å². The largest absolute Gasteiger partial charge is 0.726 e. The van der Waals surface area contributed by atoms with E-state index in [-0.39, 0.29) is 17.0 Å². The first-order valence-electron chi connectivity index (χ1n) is 8.17. The maximum atomic E-state index is 11.7. The zero-order chi connectivity index (χ0) is 20.3. The van der Waals surface area contributed by atoms with Crippen LogP contribution in [0.4, 0.5) is 4.79 Å². The van der Waals surface area contributed by atoms with Crippen molar-refractivity contribution < 1.29 is 26.7 Å². The minimum atomic E-state index is -4.41. The van der Waals surface area contributed by atoms with Gasteiger partial charge in [0.15, 0.2) is 4.90 Å². The highest BCUT2D eigenvalue weighted by atomic mass is 32.3. The Labute approximate surface area is 159 Å². The van der Waals surface area contributed by atoms with Gasteiger partial charge in [0.1, 0.15) is 18.3 Å². The molecule has 26 heavy (non-hydrogen) atoms. The summed E-state index contributed by atoms with van der Waals surface area (Å²) in [5.41, 5.74) is 2.37. The number of carbonyl (C=O) groups excluding carboxylic acids is 1. The molecule has 0 atom stereocenters. The van der Waals surface area contributed by atoms with Crippen LogP contribution in [0, 0.1) is 13.8 Å². The van der Waals surface area contributed by atoms with Gasteiger partial charge in [-0.05, 0) is 32.4 Å². The Balaban J connectivity index is 0.000000896. The van der Waals surface area contributed by atoms with Crippen LogP contribution in [0.1, 0.15) is 37.3 Å². The number of ether oxygens (including phenoxy) is 1. The van der Waals surface area contributed by atoms with Crippen molar-refractivity contribution in [3.63, 3.8) is 0 Å². The van der Waals surface area contributed by atoms with Crippen LogP contribution in [0.25, 0.3) is 0 Å². The predicted octanol–water partition coefficient (Wildman–Crippen LogP) is 2.91. The van der Waals surface area contributed by atoms with Crippen molar-refractivity contribution in [1.29, 1.82) is 0 Å². The van der Waals surface area contributed by atoms with Crippen molar-refractivity contribution >= 4 is 27.4 Å². The van der Waals surface area contributed by atoms with Crippen molar-refractivity contribution in [3.05, 3.63) is 23.3 Å². The molecule has 0 spiro atoms. The summed E-state index contributed by atoms with van der Waals surface area (Å²) in [6, 6.07) is 3.89. The number of rotatable bonds is 7. The summed E-state index contributed by atoms with van der Waals surface area (Å²) in [5, 5.41) is 2.78. The molecule has 0 aromatic heterocycles. The molecule has 1 N–H and O–H groups in total. The average Bonchev–Trinajstić information content (AvgIpc) is 2.50. The van der Waals surface area contributed by atoms with E-state index >= 15 is 0 Å². The lowest BCUT2D eigenvalue weighted by Crippen LogP contribution is -2.27. The molecule has 0 saturated heterocycles. The molecule has 0 bridgehead atoms. The number of benzene rings is 1. The molecular formula is C17H29NO6S2. The summed E-state index contributed by atoms with van der Waals surface area (Å²) in [7, 11) is -3.39. The molecule has 1 rings (SSSR count). The van der Waals surface area contributed by atoms with Crippen LogP contribution in [0.5, 0.6) is 5.75 Å². The lowest BCUT2D eigenvalue weighted by atomic mass is 10.1. The number of hydrogen-bond donors (Lipinski definition) is 1. The van der Waals surface area contributed by atoms with Crippen molar-refractivity contribution in [2.75, 3.05) is 26.2 Å². The molecule has 1 aromatic carbocycles. The lowest BCUT2D eigenvalue weighted by molar-refractivity contribution is 0.200. The molecule has 150 valence electrons. The highest BCUT2D eigenvalue weighted by molar-refractivity contribution is 7.95. The second-order valence-corrected chi connectivity index (χ2v) is 8.99. The molecule has 0 saturated carbocycles. The van der Waals surface area contributed by atoms with Crippen LogP contribution in [0.2, 0.25) is 0 Å². The molecule has 1 aromatic rings. The average molecular weight is 408 g/mol. The van der Waals surface area contributed by atoms with Gasteiger partial charge < -0.3 is 14.6 Å². The monoisotopic (exact) mass is 407 g/mol. The van der Waals surface area contributed by atoms with Crippen LogP contribution >= 0.6 is 0 Å². The van der Waals surface area contributed by atoms with E-state index in [0.29, 0.717) is 12.3 Å². The Morgan fingerprint density at radius 2 is 1.69 bits per heavy atom. The predicted molar refractivity (Wildman–Crippen MR) is 104 cm³/mol. The van der Waals surface area contributed by atoms with E-state index in [0.717, 1.165) is 26.4 Å². The van der Waals surface area contributed by atoms with Gasteiger partial charge in [0, 0.05) is 28.6 Å². The highest BCUT2D eigenvalue weighted by Crippen LogP contribution is 2.25. The second-order valence-electron chi connectivity index (χ2n) is 5.80. The molecule has 7 nitrogen and oxygen atoms in total. The third kappa shape index (κ3) is 10.6. The molecule has 0 aliphatic carbocycles. The summed E-state index contributed by atoms with van der Waals surface area (Å²) in [5.74, 6) is 0.627. The van der Waals surface area contributed by atoms with Crippen molar-refractivity contribution in [2.45, 2.75) is 44.9 Å². The van der Waals surface area contributed by atoms with Gasteiger partial charge in [-0.1, -0.05) is 19.8 Å². The third-order valence-electron chi connectivity index (χ3n) is 3.31. The fraction of sp³-hybridized carbons (Fsp3) is 0.588. The maximum Gasteiger partial charge on any atom is 0.412 e. The summed E-state index contributed by atoms with van der Waals surface area (Å²) < 4.78 is 36.4. The van der Waals surface area contributed by atoms with E-state index in [4.69, 9.17) is 4.74 Å². The lowest BCUT2D eigenvalue weighted by Gasteiger charge is -2.10. The van der Waals surface area contributed by atoms with E-state index in [9.17, 15) is 17.8 Å². The normalized spacial score (nSPS) is 10.9. The van der Waals surface area contributed by atoms with E-state index in [1.807, 2.05) is 12.1 Å². The molecule has 0 fully saturated rings. The number of nitrogens with one attached hydrogen (secondary N) is 1. The van der Waals surface area contributed by atoms with Crippen LogP contribution in [-0.4, -0.2) is 45.2 Å². The summed E-state index contributed by atoms with van der Waals surface area (Å²) in [6.45, 7) is 6.96. The molecule has 0 aliphatic rings. The topological polar surface area (TPSA) is 105 Å². The maximum absolute atomic E-state index is 11.7. The number of aryl methyl sites for hydroxylation is 2. The van der Waals surface area contributed by atoms with Gasteiger partial charge in [0.25, 0.3) is 0 Å². The fourth-order valence-corrected chi connectivity index (χ4v) is 3.73. The first kappa shape index (κ1) is 24.7. The van der Waals surface area contributed by atoms with Gasteiger partial charge in [-0.25, -0.2) is 13.2 Å².